The van der Waals surface area contributed by atoms with E-state index in [1.807, 2.05) is 25.1 Å². The summed E-state index contributed by atoms with van der Waals surface area (Å²) in [6.07, 6.45) is 1.86. The van der Waals surface area contributed by atoms with Gasteiger partial charge >= 0.3 is 0 Å². The Morgan fingerprint density at radius 3 is 2.43 bits per heavy atom. The SMILES string of the molecule is CCNC(=NCc1ccccc1F)NCC1(c2ccc(OC)cc2)CCOCC1.I. The van der Waals surface area contributed by atoms with Crippen molar-refractivity contribution in [2.24, 2.45) is 4.99 Å². The Bertz CT molecular complexity index is 808. The first-order valence-electron chi connectivity index (χ1n) is 10.1. The minimum absolute atomic E-state index is 0. The summed E-state index contributed by atoms with van der Waals surface area (Å²) in [4.78, 5) is 4.58. The predicted octanol–water partition coefficient (Wildman–Crippen LogP) is 4.26. The molecule has 3 rings (SSSR count). The number of hydrogen-bond acceptors (Lipinski definition) is 3. The monoisotopic (exact) mass is 527 g/mol. The molecule has 0 aliphatic carbocycles. The molecule has 1 fully saturated rings. The maximum absolute atomic E-state index is 13.9. The van der Waals surface area contributed by atoms with Crippen LogP contribution in [0.4, 0.5) is 4.39 Å². The molecule has 2 N–H and O–H groups in total. The lowest BCUT2D eigenvalue weighted by Gasteiger charge is -2.38. The minimum atomic E-state index is -0.230. The van der Waals surface area contributed by atoms with Crippen molar-refractivity contribution in [1.29, 1.82) is 0 Å². The van der Waals surface area contributed by atoms with Crippen LogP contribution in [0.15, 0.2) is 53.5 Å². The highest BCUT2D eigenvalue weighted by molar-refractivity contribution is 14.0. The lowest BCUT2D eigenvalue weighted by atomic mass is 9.74. The first-order valence-corrected chi connectivity index (χ1v) is 10.1. The number of nitrogens with one attached hydrogen (secondary N) is 2. The molecule has 164 valence electrons. The number of ether oxygens (including phenoxy) is 2. The summed E-state index contributed by atoms with van der Waals surface area (Å²) in [5.41, 5.74) is 1.80. The summed E-state index contributed by atoms with van der Waals surface area (Å²) in [5, 5.41) is 6.74. The van der Waals surface area contributed by atoms with Crippen LogP contribution < -0.4 is 15.4 Å². The van der Waals surface area contributed by atoms with E-state index < -0.39 is 0 Å². The van der Waals surface area contributed by atoms with Crippen molar-refractivity contribution in [3.63, 3.8) is 0 Å². The molecule has 7 heteroatoms. The highest BCUT2D eigenvalue weighted by Gasteiger charge is 2.34. The molecule has 1 heterocycles. The maximum Gasteiger partial charge on any atom is 0.191 e. The minimum Gasteiger partial charge on any atom is -0.497 e. The average molecular weight is 527 g/mol. The quantitative estimate of drug-likeness (QED) is 0.321. The zero-order valence-electron chi connectivity index (χ0n) is 17.6. The molecule has 1 aliphatic rings. The van der Waals surface area contributed by atoms with Crippen molar-refractivity contribution in [3.8, 4) is 5.75 Å². The van der Waals surface area contributed by atoms with E-state index in [1.54, 1.807) is 19.2 Å². The summed E-state index contributed by atoms with van der Waals surface area (Å²) >= 11 is 0. The molecule has 2 aromatic rings. The molecule has 5 nitrogen and oxygen atoms in total. The van der Waals surface area contributed by atoms with E-state index >= 15 is 0 Å². The number of aliphatic imine (C=N–C) groups is 1. The van der Waals surface area contributed by atoms with Crippen molar-refractivity contribution >= 4 is 29.9 Å². The number of methoxy groups -OCH3 is 1. The summed E-state index contributed by atoms with van der Waals surface area (Å²) in [6, 6.07) is 15.0. The summed E-state index contributed by atoms with van der Waals surface area (Å²) in [6.45, 7) is 5.25. The highest BCUT2D eigenvalue weighted by atomic mass is 127. The fourth-order valence-corrected chi connectivity index (χ4v) is 3.66. The lowest BCUT2D eigenvalue weighted by molar-refractivity contribution is 0.0513. The molecule has 0 saturated carbocycles. The van der Waals surface area contributed by atoms with E-state index in [-0.39, 0.29) is 35.2 Å². The Hall–Kier alpha value is -1.87. The fourth-order valence-electron chi connectivity index (χ4n) is 3.66. The fraction of sp³-hybridized carbons (Fsp3) is 0.435. The van der Waals surface area contributed by atoms with Crippen LogP contribution in [0.3, 0.4) is 0 Å². The van der Waals surface area contributed by atoms with Crippen molar-refractivity contribution < 1.29 is 13.9 Å². The Labute approximate surface area is 195 Å². The molecular formula is C23H31FIN3O2. The molecular weight excluding hydrogens is 496 g/mol. The van der Waals surface area contributed by atoms with Crippen molar-refractivity contribution in [1.82, 2.24) is 10.6 Å². The van der Waals surface area contributed by atoms with Gasteiger partial charge in [-0.1, -0.05) is 30.3 Å². The Balaban J connectivity index is 0.00000320. The number of guanidine groups is 1. The molecule has 1 saturated heterocycles. The topological polar surface area (TPSA) is 54.9 Å². The molecule has 0 amide bonds. The van der Waals surface area contributed by atoms with Gasteiger partial charge in [-0.05, 0) is 43.5 Å². The molecule has 0 unspecified atom stereocenters. The van der Waals surface area contributed by atoms with Gasteiger partial charge in [-0.3, -0.25) is 0 Å². The van der Waals surface area contributed by atoms with Crippen LogP contribution in [0, 0.1) is 5.82 Å². The molecule has 1 aliphatic heterocycles. The molecule has 2 aromatic carbocycles. The van der Waals surface area contributed by atoms with Crippen molar-refractivity contribution in [2.45, 2.75) is 31.7 Å². The largest absolute Gasteiger partial charge is 0.497 e. The number of rotatable bonds is 7. The van der Waals surface area contributed by atoms with Gasteiger partial charge in [-0.15, -0.1) is 24.0 Å². The van der Waals surface area contributed by atoms with Crippen molar-refractivity contribution in [3.05, 3.63) is 65.5 Å². The number of halogens is 2. The third kappa shape index (κ3) is 6.31. The third-order valence-corrected chi connectivity index (χ3v) is 5.46. The first kappa shape index (κ1) is 24.4. The second-order valence-electron chi connectivity index (χ2n) is 7.26. The molecule has 30 heavy (non-hydrogen) atoms. The Kier molecular flexibility index (Phi) is 9.84. The number of hydrogen-bond donors (Lipinski definition) is 2. The standard InChI is InChI=1S/C23H30FN3O2.HI/c1-3-25-22(26-16-18-6-4-5-7-21(18)24)27-17-23(12-14-29-15-13-23)19-8-10-20(28-2)11-9-19;/h4-11H,3,12-17H2,1-2H3,(H2,25,26,27);1H. The molecule has 0 atom stereocenters. The molecule has 0 bridgehead atoms. The lowest BCUT2D eigenvalue weighted by Crippen LogP contribution is -2.48. The zero-order chi connectivity index (χ0) is 20.5. The summed E-state index contributed by atoms with van der Waals surface area (Å²) in [5.74, 6) is 1.31. The molecule has 0 spiro atoms. The predicted molar refractivity (Wildman–Crippen MR) is 129 cm³/mol. The zero-order valence-corrected chi connectivity index (χ0v) is 19.9. The van der Waals surface area contributed by atoms with Crippen molar-refractivity contribution in [2.75, 3.05) is 33.4 Å². The first-order chi connectivity index (χ1) is 14.2. The van der Waals surface area contributed by atoms with Gasteiger partial charge in [0, 0.05) is 37.3 Å². The van der Waals surface area contributed by atoms with Crippen LogP contribution in [-0.2, 0) is 16.7 Å². The number of nitrogens with zero attached hydrogens (tertiary/aromatic N) is 1. The smallest absolute Gasteiger partial charge is 0.191 e. The summed E-state index contributed by atoms with van der Waals surface area (Å²) < 4.78 is 24.8. The van der Waals surface area contributed by atoms with Crippen LogP contribution in [0.5, 0.6) is 5.75 Å². The van der Waals surface area contributed by atoms with Gasteiger partial charge in [0.1, 0.15) is 11.6 Å². The van der Waals surface area contributed by atoms with Gasteiger partial charge in [-0.2, -0.15) is 0 Å². The van der Waals surface area contributed by atoms with E-state index in [9.17, 15) is 4.39 Å². The van der Waals surface area contributed by atoms with Gasteiger partial charge in [0.25, 0.3) is 0 Å². The van der Waals surface area contributed by atoms with Crippen LogP contribution >= 0.6 is 24.0 Å². The normalized spacial score (nSPS) is 15.8. The van der Waals surface area contributed by atoms with Crippen LogP contribution in [0.1, 0.15) is 30.9 Å². The molecule has 0 radical (unpaired) electrons. The van der Waals surface area contributed by atoms with E-state index in [2.05, 4.69) is 27.8 Å². The summed E-state index contributed by atoms with van der Waals surface area (Å²) in [7, 11) is 1.68. The third-order valence-electron chi connectivity index (χ3n) is 5.46. The van der Waals surface area contributed by atoms with Gasteiger partial charge in [0.05, 0.1) is 13.7 Å². The van der Waals surface area contributed by atoms with Gasteiger partial charge < -0.3 is 20.1 Å². The van der Waals surface area contributed by atoms with Crippen LogP contribution in [0.2, 0.25) is 0 Å². The molecule has 0 aromatic heterocycles. The van der Waals surface area contributed by atoms with E-state index in [0.29, 0.717) is 18.1 Å². The van der Waals surface area contributed by atoms with Crippen LogP contribution in [0.25, 0.3) is 0 Å². The second-order valence-corrected chi connectivity index (χ2v) is 7.26. The van der Waals surface area contributed by atoms with E-state index in [1.165, 1.54) is 11.6 Å². The van der Waals surface area contributed by atoms with Gasteiger partial charge in [0.15, 0.2) is 5.96 Å². The van der Waals surface area contributed by atoms with Crippen LogP contribution in [-0.4, -0.2) is 39.4 Å². The van der Waals surface area contributed by atoms with E-state index in [4.69, 9.17) is 9.47 Å². The maximum atomic E-state index is 13.9. The van der Waals surface area contributed by atoms with Gasteiger partial charge in [-0.25, -0.2) is 9.38 Å². The average Bonchev–Trinajstić information content (AvgIpc) is 2.77. The number of benzene rings is 2. The van der Waals surface area contributed by atoms with E-state index in [0.717, 1.165) is 44.9 Å². The Morgan fingerprint density at radius 1 is 1.10 bits per heavy atom. The highest BCUT2D eigenvalue weighted by Crippen LogP contribution is 2.35. The second kappa shape index (κ2) is 12.1. The van der Waals surface area contributed by atoms with Gasteiger partial charge in [0.2, 0.25) is 0 Å². The Morgan fingerprint density at radius 2 is 1.80 bits per heavy atom.